The minimum absolute atomic E-state index is 0.589. The predicted octanol–water partition coefficient (Wildman–Crippen LogP) is 4.47. The number of ether oxygens (including phenoxy) is 2. The maximum absolute atomic E-state index is 5.25. The highest BCUT2D eigenvalue weighted by Gasteiger charge is 2.20. The van der Waals surface area contributed by atoms with Crippen LogP contribution in [0.15, 0.2) is 67.3 Å². The molecule has 0 atom stereocenters. The van der Waals surface area contributed by atoms with E-state index in [1.165, 1.54) is 24.0 Å². The Hall–Kier alpha value is -3.46. The quantitative estimate of drug-likeness (QED) is 0.293. The van der Waals surface area contributed by atoms with E-state index in [0.29, 0.717) is 25.5 Å². The van der Waals surface area contributed by atoms with Gasteiger partial charge in [-0.05, 0) is 61.2 Å². The van der Waals surface area contributed by atoms with Crippen molar-refractivity contribution in [1.82, 2.24) is 29.6 Å². The lowest BCUT2D eigenvalue weighted by Crippen LogP contribution is -2.35. The van der Waals surface area contributed by atoms with Crippen molar-refractivity contribution in [3.63, 3.8) is 0 Å². The molecule has 0 bridgehead atoms. The van der Waals surface area contributed by atoms with E-state index in [1.807, 2.05) is 41.5 Å². The van der Waals surface area contributed by atoms with Crippen LogP contribution >= 0.6 is 0 Å². The molecule has 198 valence electrons. The molecule has 4 heterocycles. The Balaban J connectivity index is 1.29. The summed E-state index contributed by atoms with van der Waals surface area (Å²) in [5, 5.41) is 4.81. The zero-order valence-corrected chi connectivity index (χ0v) is 22.3. The van der Waals surface area contributed by atoms with Gasteiger partial charge >= 0.3 is 0 Å². The molecule has 1 aromatic carbocycles. The van der Waals surface area contributed by atoms with Crippen LogP contribution in [0.2, 0.25) is 0 Å². The molecule has 0 aliphatic carbocycles. The lowest BCUT2D eigenvalue weighted by atomic mass is 9.89. The number of aromatic nitrogens is 5. The van der Waals surface area contributed by atoms with Gasteiger partial charge in [0.1, 0.15) is 11.5 Å². The number of hydrogen-bond acceptors (Lipinski definition) is 7. The first-order valence-electron chi connectivity index (χ1n) is 13.3. The van der Waals surface area contributed by atoms with Crippen LogP contribution in [-0.4, -0.2) is 76.7 Å². The first-order valence-corrected chi connectivity index (χ1v) is 13.3. The molecule has 0 spiro atoms. The molecule has 0 amide bonds. The molecule has 0 radical (unpaired) electrons. The molecule has 5 rings (SSSR count). The van der Waals surface area contributed by atoms with E-state index >= 15 is 0 Å². The van der Waals surface area contributed by atoms with Gasteiger partial charge in [-0.3, -0.25) is 9.67 Å². The van der Waals surface area contributed by atoms with Gasteiger partial charge in [-0.25, -0.2) is 9.97 Å². The third kappa shape index (κ3) is 6.51. The van der Waals surface area contributed by atoms with Crippen molar-refractivity contribution in [3.05, 3.63) is 84.2 Å². The van der Waals surface area contributed by atoms with Crippen LogP contribution in [0.5, 0.6) is 0 Å². The Morgan fingerprint density at radius 3 is 2.45 bits per heavy atom. The van der Waals surface area contributed by atoms with Crippen LogP contribution in [-0.2, 0) is 22.4 Å². The molecule has 1 saturated heterocycles. The van der Waals surface area contributed by atoms with Crippen LogP contribution in [0.25, 0.3) is 22.5 Å². The van der Waals surface area contributed by atoms with Gasteiger partial charge in [-0.2, -0.15) is 5.10 Å². The second-order valence-corrected chi connectivity index (χ2v) is 9.77. The first kappa shape index (κ1) is 26.2. The molecular formula is C30H36N6O2. The topological polar surface area (TPSA) is 78.2 Å². The maximum atomic E-state index is 5.25. The average Bonchev–Trinajstić information content (AvgIpc) is 3.41. The highest BCUT2D eigenvalue weighted by molar-refractivity contribution is 5.78. The fraction of sp³-hybridized carbons (Fsp3) is 0.400. The Bertz CT molecular complexity index is 1280. The Labute approximate surface area is 224 Å². The molecule has 0 N–H and O–H groups in total. The number of methoxy groups -OCH3 is 2. The summed E-state index contributed by atoms with van der Waals surface area (Å²) >= 11 is 0. The second kappa shape index (κ2) is 12.9. The number of benzene rings is 1. The summed E-state index contributed by atoms with van der Waals surface area (Å²) in [5.74, 6) is 1.42. The third-order valence-electron chi connectivity index (χ3n) is 7.22. The summed E-state index contributed by atoms with van der Waals surface area (Å²) in [6, 6.07) is 14.9. The zero-order valence-electron chi connectivity index (χ0n) is 22.3. The number of nitrogens with zero attached hydrogens (tertiary/aromatic N) is 6. The van der Waals surface area contributed by atoms with Gasteiger partial charge < -0.3 is 14.4 Å². The smallest absolute Gasteiger partial charge is 0.133 e. The molecule has 38 heavy (non-hydrogen) atoms. The number of likely N-dealkylation sites (tertiary alicyclic amines) is 1. The van der Waals surface area contributed by atoms with E-state index < -0.39 is 0 Å². The van der Waals surface area contributed by atoms with E-state index in [0.717, 1.165) is 54.6 Å². The summed E-state index contributed by atoms with van der Waals surface area (Å²) in [5.41, 5.74) is 6.28. The van der Waals surface area contributed by atoms with Crippen molar-refractivity contribution in [2.24, 2.45) is 0 Å². The monoisotopic (exact) mass is 512 g/mol. The zero-order chi connectivity index (χ0) is 26.2. The van der Waals surface area contributed by atoms with Crippen LogP contribution < -0.4 is 0 Å². The molecular weight excluding hydrogens is 476 g/mol. The second-order valence-electron chi connectivity index (χ2n) is 9.77. The van der Waals surface area contributed by atoms with Crippen molar-refractivity contribution >= 4 is 0 Å². The van der Waals surface area contributed by atoms with Crippen molar-refractivity contribution in [1.29, 1.82) is 0 Å². The van der Waals surface area contributed by atoms with Gasteiger partial charge in [-0.1, -0.05) is 24.3 Å². The summed E-state index contributed by atoms with van der Waals surface area (Å²) < 4.78 is 12.4. The molecule has 8 heteroatoms. The van der Waals surface area contributed by atoms with Crippen molar-refractivity contribution in [3.8, 4) is 22.5 Å². The molecule has 4 aromatic rings. The molecule has 0 saturated carbocycles. The summed E-state index contributed by atoms with van der Waals surface area (Å²) in [7, 11) is 3.47. The van der Waals surface area contributed by atoms with Crippen LogP contribution in [0.1, 0.15) is 35.7 Å². The molecule has 8 nitrogen and oxygen atoms in total. The maximum Gasteiger partial charge on any atom is 0.133 e. The predicted molar refractivity (Wildman–Crippen MR) is 148 cm³/mol. The minimum atomic E-state index is 0.589. The van der Waals surface area contributed by atoms with Crippen molar-refractivity contribution in [2.75, 3.05) is 47.1 Å². The minimum Gasteiger partial charge on any atom is -0.383 e. The third-order valence-corrected chi connectivity index (χ3v) is 7.22. The Kier molecular flexibility index (Phi) is 8.86. The lowest BCUT2D eigenvalue weighted by molar-refractivity contribution is 0.130. The number of hydrogen-bond donors (Lipinski definition) is 0. The Morgan fingerprint density at radius 2 is 1.71 bits per heavy atom. The van der Waals surface area contributed by atoms with Gasteiger partial charge in [0.25, 0.3) is 0 Å². The fourth-order valence-electron chi connectivity index (χ4n) is 5.06. The number of pyridine rings is 1. The molecule has 0 unspecified atom stereocenters. The van der Waals surface area contributed by atoms with E-state index in [4.69, 9.17) is 19.6 Å². The number of piperidine rings is 1. The highest BCUT2D eigenvalue weighted by atomic mass is 16.5. The summed E-state index contributed by atoms with van der Waals surface area (Å²) in [4.78, 5) is 16.3. The van der Waals surface area contributed by atoms with Crippen LogP contribution in [0.3, 0.4) is 0 Å². The number of rotatable bonds is 11. The fourth-order valence-corrected chi connectivity index (χ4v) is 5.06. The van der Waals surface area contributed by atoms with Gasteiger partial charge in [0.2, 0.25) is 0 Å². The standard InChI is InChI=1S/C30H36N6O2/c1-37-18-16-35-14-10-25(11-15-35)24-7-5-23(6-8-24)20-29-32-13-9-28(33-29)27-22-36(17-19-38-2)34-30(27)26-4-3-12-31-21-26/h3-9,12-13,21-22,25H,10-11,14-20H2,1-2H3. The highest BCUT2D eigenvalue weighted by Crippen LogP contribution is 2.30. The van der Waals surface area contributed by atoms with Crippen LogP contribution in [0, 0.1) is 0 Å². The van der Waals surface area contributed by atoms with Gasteiger partial charge in [0.15, 0.2) is 0 Å². The molecule has 1 aliphatic heterocycles. The van der Waals surface area contributed by atoms with E-state index in [2.05, 4.69) is 39.1 Å². The van der Waals surface area contributed by atoms with E-state index in [9.17, 15) is 0 Å². The largest absolute Gasteiger partial charge is 0.383 e. The Morgan fingerprint density at radius 1 is 0.921 bits per heavy atom. The van der Waals surface area contributed by atoms with Gasteiger partial charge in [0, 0.05) is 63.1 Å². The normalized spacial score (nSPS) is 14.7. The van der Waals surface area contributed by atoms with Crippen molar-refractivity contribution in [2.45, 2.75) is 31.7 Å². The average molecular weight is 513 g/mol. The lowest BCUT2D eigenvalue weighted by Gasteiger charge is -2.32. The molecule has 1 fully saturated rings. The summed E-state index contributed by atoms with van der Waals surface area (Å²) in [6.45, 7) is 5.37. The first-order chi connectivity index (χ1) is 18.7. The summed E-state index contributed by atoms with van der Waals surface area (Å²) in [6.07, 6.45) is 10.6. The van der Waals surface area contributed by atoms with Crippen molar-refractivity contribution < 1.29 is 9.47 Å². The van der Waals surface area contributed by atoms with E-state index in [-0.39, 0.29) is 0 Å². The molecule has 3 aromatic heterocycles. The van der Waals surface area contributed by atoms with Crippen LogP contribution in [0.4, 0.5) is 0 Å². The van der Waals surface area contributed by atoms with Gasteiger partial charge in [-0.15, -0.1) is 0 Å². The molecule has 1 aliphatic rings. The SMILES string of the molecule is COCCN1CCC(c2ccc(Cc3nccc(-c4cn(CCOC)nc4-c4cccnc4)n3)cc2)CC1. The van der Waals surface area contributed by atoms with E-state index in [1.54, 1.807) is 20.4 Å². The van der Waals surface area contributed by atoms with Gasteiger partial charge in [0.05, 0.1) is 25.5 Å².